The Balaban J connectivity index is 1.18. The van der Waals surface area contributed by atoms with Gasteiger partial charge < -0.3 is 59.1 Å². The van der Waals surface area contributed by atoms with Gasteiger partial charge in [-0.25, -0.2) is 0 Å². The molecule has 5 heterocycles. The molecule has 11 rings (SSSR count). The number of H-pyrrole nitrogens is 1. The van der Waals surface area contributed by atoms with Gasteiger partial charge in [0.15, 0.2) is 17.5 Å². The largest absolute Gasteiger partial charge is 0.506 e. The molecule has 2 fully saturated rings. The second kappa shape index (κ2) is 16.6. The number of amides is 1. The number of aryl methyl sites for hydroxylation is 1. The number of phenols is 1. The van der Waals surface area contributed by atoms with E-state index in [0.29, 0.717) is 46.2 Å². The van der Waals surface area contributed by atoms with Gasteiger partial charge in [-0.3, -0.25) is 9.59 Å². The fourth-order valence-corrected chi connectivity index (χ4v) is 11.1. The fourth-order valence-electron chi connectivity index (χ4n) is 11.1. The van der Waals surface area contributed by atoms with Crippen LogP contribution in [0.4, 0.5) is 0 Å². The zero-order valence-electron chi connectivity index (χ0n) is 36.3. The molecular weight excluding hydrogens is 845 g/mol. The summed E-state index contributed by atoms with van der Waals surface area (Å²) in [5.74, 6) is 2.15. The Hall–Kier alpha value is -6.18. The van der Waals surface area contributed by atoms with E-state index in [1.807, 2.05) is 36.5 Å². The Bertz CT molecular complexity index is 2940. The Kier molecular flexibility index (Phi) is 10.7. The minimum absolute atomic E-state index is 0.0463. The molecule has 6 aliphatic rings. The Morgan fingerprint density at radius 3 is 2.73 bits per heavy atom. The van der Waals surface area contributed by atoms with E-state index < -0.39 is 48.7 Å². The molecule has 66 heavy (non-hydrogen) atoms. The topological polar surface area (TPSA) is 200 Å². The first-order chi connectivity index (χ1) is 32.1. The van der Waals surface area contributed by atoms with Crippen molar-refractivity contribution in [2.45, 2.75) is 87.3 Å². The molecule has 4 aliphatic heterocycles. The monoisotopic (exact) mass is 894 g/mol. The van der Waals surface area contributed by atoms with Gasteiger partial charge in [0.1, 0.15) is 41.7 Å². The number of ketones is 1. The SMILES string of the molecule is COc1cc2c3c(c4c(O)c2c2c1C=CC(c1c[nH]c5ccc(CCCO)cc15)OCC1OC(O2)C(O)(CO)C(OC#CCc2cccc5c2CN(CC4=O)C5=O)C1O)C1CCCC1C=C3. The van der Waals surface area contributed by atoms with Crippen LogP contribution < -0.4 is 9.47 Å². The van der Waals surface area contributed by atoms with Gasteiger partial charge in [0.25, 0.3) is 5.91 Å². The summed E-state index contributed by atoms with van der Waals surface area (Å²) in [7, 11) is 1.51. The zero-order valence-corrected chi connectivity index (χ0v) is 36.3. The second-order valence-electron chi connectivity index (χ2n) is 18.2. The minimum atomic E-state index is -2.47. The number of hydrogen-bond donors (Lipinski definition) is 6. The van der Waals surface area contributed by atoms with Gasteiger partial charge >= 0.3 is 0 Å². The number of aromatic hydroxyl groups is 1. The van der Waals surface area contributed by atoms with Crippen LogP contribution in [0.2, 0.25) is 0 Å². The quantitative estimate of drug-likeness (QED) is 0.116. The normalized spacial score (nSPS) is 27.6. The van der Waals surface area contributed by atoms with Crippen LogP contribution in [0.25, 0.3) is 33.8 Å². The molecule has 1 amide bonds. The summed E-state index contributed by atoms with van der Waals surface area (Å²) >= 11 is 0. The molecule has 0 radical (unpaired) electrons. The first kappa shape index (κ1) is 42.5. The number of fused-ring (bicyclic) bond motifs is 10. The number of phenolic OH excluding ortho intramolecular Hbond substituents is 1. The van der Waals surface area contributed by atoms with Crippen LogP contribution in [0.3, 0.4) is 0 Å². The lowest BCUT2D eigenvalue weighted by molar-refractivity contribution is -0.328. The van der Waals surface area contributed by atoms with Crippen molar-refractivity contribution < 1.29 is 58.8 Å². The summed E-state index contributed by atoms with van der Waals surface area (Å²) in [6, 6.07) is 13.1. The molecule has 5 aromatic rings. The number of rotatable bonds is 6. The van der Waals surface area contributed by atoms with Crippen LogP contribution >= 0.6 is 0 Å². The number of carbonyl (C=O) groups is 2. The molecule has 4 aromatic carbocycles. The van der Waals surface area contributed by atoms with Crippen molar-refractivity contribution in [3.63, 3.8) is 0 Å². The van der Waals surface area contributed by atoms with E-state index in [4.69, 9.17) is 23.7 Å². The second-order valence-corrected chi connectivity index (χ2v) is 18.2. The molecule has 2 aliphatic carbocycles. The number of aromatic nitrogens is 1. The molecular formula is C52H50N2O12. The van der Waals surface area contributed by atoms with Crippen LogP contribution in [-0.2, 0) is 33.6 Å². The average molecular weight is 895 g/mol. The van der Waals surface area contributed by atoms with Crippen molar-refractivity contribution >= 4 is 45.5 Å². The van der Waals surface area contributed by atoms with Crippen molar-refractivity contribution in [1.82, 2.24) is 9.88 Å². The maximum atomic E-state index is 15.1. The molecule has 1 aromatic heterocycles. The number of allylic oxidation sites excluding steroid dienone is 1. The van der Waals surface area contributed by atoms with E-state index in [2.05, 4.69) is 23.1 Å². The molecule has 1 saturated carbocycles. The molecule has 8 unspecified atom stereocenters. The number of hydrogen-bond acceptors (Lipinski definition) is 12. The maximum Gasteiger partial charge on any atom is 0.254 e. The fraction of sp³-hybridized carbons (Fsp3) is 0.385. The molecule has 0 spiro atoms. The number of nitrogens with one attached hydrogen (secondary N) is 1. The molecule has 14 heteroatoms. The number of aromatic amines is 1. The molecule has 1 saturated heterocycles. The molecule has 14 nitrogen and oxygen atoms in total. The van der Waals surface area contributed by atoms with Gasteiger partial charge in [-0.2, -0.15) is 0 Å². The average Bonchev–Trinajstić information content (AvgIpc) is 4.06. The lowest BCUT2D eigenvalue weighted by Crippen LogP contribution is -2.70. The number of aliphatic hydroxyl groups excluding tert-OH is 3. The number of aliphatic hydroxyl groups is 4. The van der Waals surface area contributed by atoms with Gasteiger partial charge in [-0.1, -0.05) is 48.8 Å². The number of Topliss-reactive ketones (excluding diaryl/α,β-unsaturated/α-hetero) is 1. The molecule has 6 N–H and O–H groups in total. The van der Waals surface area contributed by atoms with Gasteiger partial charge in [-0.05, 0) is 95.7 Å². The van der Waals surface area contributed by atoms with Crippen molar-refractivity contribution in [2.24, 2.45) is 5.92 Å². The van der Waals surface area contributed by atoms with Crippen LogP contribution in [0, 0.1) is 17.9 Å². The molecule has 8 bridgehead atoms. The van der Waals surface area contributed by atoms with E-state index in [0.717, 1.165) is 46.9 Å². The van der Waals surface area contributed by atoms with Crippen molar-refractivity contribution in [1.29, 1.82) is 0 Å². The predicted octanol–water partition coefficient (Wildman–Crippen LogP) is 5.58. The first-order valence-electron chi connectivity index (χ1n) is 22.6. The zero-order chi connectivity index (χ0) is 45.4. The van der Waals surface area contributed by atoms with E-state index in [1.165, 1.54) is 12.0 Å². The Morgan fingerprint density at radius 1 is 1.03 bits per heavy atom. The van der Waals surface area contributed by atoms with E-state index in [9.17, 15) is 30.3 Å². The lowest BCUT2D eigenvalue weighted by atomic mass is 9.75. The summed E-state index contributed by atoms with van der Waals surface area (Å²) < 4.78 is 32.1. The number of ether oxygens (including phenoxy) is 5. The molecule has 8 atom stereocenters. The predicted molar refractivity (Wildman–Crippen MR) is 242 cm³/mol. The maximum absolute atomic E-state index is 15.1. The standard InChI is InChI=1S/C52H50N2O12/c1-62-41-21-35-31-14-13-29-8-2-10-30(29)43(31)45-39(57)24-54-23-37-28(7-3-11-32(37)50(54)60)9-5-19-63-49-46(58)42-25-64-40(36-22-53-38-16-12-27(6-4-18-55)20-34(36)38)17-15-33(41)48(44(35)47(45)59)66-51(65-42)52(49,61)26-56/h3,7,11-17,20-22,29-30,40,42,46,49,51,53,55-56,58-59,61H,2,4,6,8-10,18,23-26H2,1H3. The summed E-state index contributed by atoms with van der Waals surface area (Å²) in [6.45, 7) is -1.37. The van der Waals surface area contributed by atoms with Crippen molar-refractivity contribution in [3.05, 3.63) is 111 Å². The Labute approximate surface area is 380 Å². The summed E-state index contributed by atoms with van der Waals surface area (Å²) in [4.78, 5) is 34.0. The number of benzene rings is 4. The first-order valence-corrected chi connectivity index (χ1v) is 22.6. The van der Waals surface area contributed by atoms with E-state index in [-0.39, 0.29) is 78.5 Å². The highest BCUT2D eigenvalue weighted by molar-refractivity contribution is 6.14. The van der Waals surface area contributed by atoms with Gasteiger partial charge in [0.2, 0.25) is 6.29 Å². The van der Waals surface area contributed by atoms with Crippen molar-refractivity contribution in [2.75, 3.05) is 33.5 Å². The Morgan fingerprint density at radius 2 is 1.89 bits per heavy atom. The van der Waals surface area contributed by atoms with Crippen LogP contribution in [-0.4, -0.2) is 111 Å². The highest BCUT2D eigenvalue weighted by Gasteiger charge is 2.59. The highest BCUT2D eigenvalue weighted by Crippen LogP contribution is 2.55. The summed E-state index contributed by atoms with van der Waals surface area (Å²) in [5, 5.41) is 59.7. The van der Waals surface area contributed by atoms with Crippen LogP contribution in [0.5, 0.6) is 17.2 Å². The highest BCUT2D eigenvalue weighted by atomic mass is 16.7. The van der Waals surface area contributed by atoms with Gasteiger partial charge in [0.05, 0.1) is 43.4 Å². The third-order valence-corrected chi connectivity index (χ3v) is 14.5. The smallest absolute Gasteiger partial charge is 0.254 e. The van der Waals surface area contributed by atoms with Gasteiger partial charge in [0, 0.05) is 53.2 Å². The lowest BCUT2D eigenvalue weighted by Gasteiger charge is -2.47. The minimum Gasteiger partial charge on any atom is -0.506 e. The number of methoxy groups -OCH3 is 1. The van der Waals surface area contributed by atoms with Crippen LogP contribution in [0.1, 0.15) is 97.4 Å². The van der Waals surface area contributed by atoms with E-state index in [1.54, 1.807) is 30.4 Å². The number of nitrogens with zero attached hydrogens (tertiary/aromatic N) is 1. The van der Waals surface area contributed by atoms with Gasteiger partial charge in [-0.15, -0.1) is 0 Å². The summed E-state index contributed by atoms with van der Waals surface area (Å²) in [6.07, 6.45) is 9.07. The summed E-state index contributed by atoms with van der Waals surface area (Å²) in [5.41, 5.74) is 3.79. The third-order valence-electron chi connectivity index (χ3n) is 14.5. The van der Waals surface area contributed by atoms with Crippen LogP contribution in [0.15, 0.2) is 60.8 Å². The van der Waals surface area contributed by atoms with E-state index >= 15 is 4.79 Å². The number of carbonyl (C=O) groups excluding carboxylic acids is 2. The molecule has 340 valence electrons. The van der Waals surface area contributed by atoms with Crippen molar-refractivity contribution in [3.8, 4) is 29.3 Å². The third kappa shape index (κ3) is 6.71.